The Kier molecular flexibility index (Phi) is 73.7. The molecule has 0 aliphatic heterocycles. The summed E-state index contributed by atoms with van der Waals surface area (Å²) >= 11 is 0. The molecule has 0 aromatic carbocycles. The maximum atomic E-state index is 13.1. The summed E-state index contributed by atoms with van der Waals surface area (Å²) in [6, 6.07) is 0. The Morgan fingerprint density at radius 3 is 0.779 bits per heavy atom. The third kappa shape index (κ3) is 75.9. The van der Waals surface area contributed by atoms with Crippen LogP contribution < -0.4 is 0 Å². The molecule has 0 aliphatic carbocycles. The molecule has 0 radical (unpaired) electrons. The van der Waals surface area contributed by atoms with Gasteiger partial charge in [-0.1, -0.05) is 285 Å². The molecular weight excluding hydrogens is 1350 g/mol. The van der Waals surface area contributed by atoms with Gasteiger partial charge in [0.05, 0.1) is 26.4 Å². The van der Waals surface area contributed by atoms with Crippen LogP contribution in [0.1, 0.15) is 349 Å². The highest BCUT2D eigenvalue weighted by atomic mass is 31.2. The lowest BCUT2D eigenvalue weighted by molar-refractivity contribution is -0.161. The summed E-state index contributed by atoms with van der Waals surface area (Å²) in [5, 5.41) is 10.7. The summed E-state index contributed by atoms with van der Waals surface area (Å²) in [4.78, 5) is 73.1. The average Bonchev–Trinajstić information content (AvgIpc) is 0.918. The molecule has 104 heavy (non-hydrogen) atoms. The van der Waals surface area contributed by atoms with Crippen molar-refractivity contribution in [2.24, 2.45) is 0 Å². The van der Waals surface area contributed by atoms with E-state index in [0.29, 0.717) is 25.7 Å². The van der Waals surface area contributed by atoms with Gasteiger partial charge in [0.15, 0.2) is 12.2 Å². The average molecular weight is 1500 g/mol. The van der Waals surface area contributed by atoms with Crippen molar-refractivity contribution in [1.29, 1.82) is 0 Å². The third-order valence-electron chi connectivity index (χ3n) is 17.2. The Bertz CT molecular complexity index is 2390. The number of ether oxygens (including phenoxy) is 4. The molecule has 0 aromatic rings. The van der Waals surface area contributed by atoms with E-state index in [1.54, 1.807) is 0 Å². The first kappa shape index (κ1) is 99.7. The number of phosphoric ester groups is 2. The van der Waals surface area contributed by atoms with Gasteiger partial charge in [0.25, 0.3) is 0 Å². The lowest BCUT2D eigenvalue weighted by Crippen LogP contribution is -2.30. The topological polar surface area (TPSA) is 237 Å². The van der Waals surface area contributed by atoms with Gasteiger partial charge in [0.2, 0.25) is 0 Å². The van der Waals surface area contributed by atoms with Crippen molar-refractivity contribution in [2.45, 2.75) is 367 Å². The molecule has 17 nitrogen and oxygen atoms in total. The van der Waals surface area contributed by atoms with E-state index in [-0.39, 0.29) is 25.7 Å². The first-order chi connectivity index (χ1) is 50.7. The van der Waals surface area contributed by atoms with E-state index in [1.165, 1.54) is 77.0 Å². The van der Waals surface area contributed by atoms with Crippen molar-refractivity contribution < 1.29 is 80.2 Å². The summed E-state index contributed by atoms with van der Waals surface area (Å²) in [6.07, 6.45) is 83.4. The van der Waals surface area contributed by atoms with E-state index >= 15 is 0 Å². The van der Waals surface area contributed by atoms with Crippen molar-refractivity contribution in [3.63, 3.8) is 0 Å². The zero-order chi connectivity index (χ0) is 76.0. The van der Waals surface area contributed by atoms with Gasteiger partial charge in [0, 0.05) is 25.7 Å². The number of aliphatic hydroxyl groups excluding tert-OH is 1. The summed E-state index contributed by atoms with van der Waals surface area (Å²) < 4.78 is 68.7. The summed E-state index contributed by atoms with van der Waals surface area (Å²) in [7, 11) is -9.97. The third-order valence-corrected chi connectivity index (χ3v) is 19.1. The van der Waals surface area contributed by atoms with E-state index in [0.717, 1.165) is 193 Å². The van der Waals surface area contributed by atoms with Crippen LogP contribution in [0.2, 0.25) is 0 Å². The van der Waals surface area contributed by atoms with Crippen LogP contribution in [0.4, 0.5) is 0 Å². The van der Waals surface area contributed by atoms with Gasteiger partial charge in [-0.25, -0.2) is 9.13 Å². The molecule has 0 bridgehead atoms. The molecule has 0 rings (SSSR count). The summed E-state index contributed by atoms with van der Waals surface area (Å²) in [6.45, 7) is 4.63. The number of phosphoric acid groups is 2. The molecular formula is C85H148O17P2. The molecule has 19 heteroatoms. The Labute approximate surface area is 632 Å². The molecule has 5 atom stereocenters. The van der Waals surface area contributed by atoms with Crippen LogP contribution in [-0.4, -0.2) is 96.7 Å². The van der Waals surface area contributed by atoms with Crippen molar-refractivity contribution in [1.82, 2.24) is 0 Å². The van der Waals surface area contributed by atoms with Crippen LogP contribution in [0.3, 0.4) is 0 Å². The summed E-state index contributed by atoms with van der Waals surface area (Å²) in [5.74, 6) is -2.21. The fourth-order valence-electron chi connectivity index (χ4n) is 11.0. The second kappa shape index (κ2) is 76.9. The van der Waals surface area contributed by atoms with Gasteiger partial charge in [-0.15, -0.1) is 0 Å². The Hall–Kier alpha value is -4.28. The molecule has 3 N–H and O–H groups in total. The minimum Gasteiger partial charge on any atom is -0.462 e. The van der Waals surface area contributed by atoms with Gasteiger partial charge >= 0.3 is 39.5 Å². The first-order valence-corrected chi connectivity index (χ1v) is 44.1. The molecule has 0 saturated heterocycles. The fourth-order valence-corrected chi connectivity index (χ4v) is 12.6. The van der Waals surface area contributed by atoms with Gasteiger partial charge in [0.1, 0.15) is 19.3 Å². The van der Waals surface area contributed by atoms with Crippen molar-refractivity contribution in [3.8, 4) is 0 Å². The number of carbonyl (C=O) groups excluding carboxylic acids is 4. The number of aliphatic hydroxyl groups is 1. The molecule has 0 fully saturated rings. The lowest BCUT2D eigenvalue weighted by Gasteiger charge is -2.21. The molecule has 0 amide bonds. The smallest absolute Gasteiger partial charge is 0.462 e. The first-order valence-electron chi connectivity index (χ1n) is 41.1. The Morgan fingerprint density at radius 2 is 0.500 bits per heavy atom. The SMILES string of the molecule is CC/C=C\C/C=C\C/C=C\C/C=C\CCCCCCCCC(=O)OCC(COP(=O)(O)OCC(O)COP(=O)(O)OCC(COC(=O)CCCCCCC/C=C\C/C=C\C/C=C\CC)OC(=O)CCCCCCC/C=C\CCCCCCCC)OC(=O)CCCCCCC/C=C\CCCCCCCC. The number of allylic oxidation sites excluding steroid dienone is 18. The van der Waals surface area contributed by atoms with E-state index in [2.05, 4.69) is 137 Å². The Balaban J connectivity index is 5.38. The zero-order valence-corrected chi connectivity index (χ0v) is 67.5. The molecule has 0 aliphatic rings. The van der Waals surface area contributed by atoms with Gasteiger partial charge in [-0.3, -0.25) is 37.3 Å². The predicted molar refractivity (Wildman–Crippen MR) is 427 cm³/mol. The number of esters is 4. The number of carbonyl (C=O) groups is 4. The minimum atomic E-state index is -4.99. The Morgan fingerprint density at radius 1 is 0.279 bits per heavy atom. The molecule has 0 aromatic heterocycles. The zero-order valence-electron chi connectivity index (χ0n) is 65.7. The highest BCUT2D eigenvalue weighted by Gasteiger charge is 2.30. The standard InChI is InChI=1S/C85H148O17P2/c1-5-9-13-17-21-25-29-33-37-38-39-40-44-46-50-54-58-62-66-70-83(88)96-76-81(102-85(90)72-68-64-60-56-52-48-43-36-32-28-24-20-16-12-8-4)78-100-104(93,94)98-74-79(86)73-97-103(91,92)99-77-80(101-84(89)71-67-63-59-55-51-47-42-35-31-27-23-19-15-11-7-3)75-95-82(87)69-65-61-57-53-49-45-41-34-30-26-22-18-14-10-6-2/h9-10,13-14,21-22,25-26,33-37,39-43,79-81,86H,5-8,11-12,15-20,23-24,27-32,38,44-78H2,1-4H3,(H,91,92)(H,93,94)/b13-9-,14-10-,25-21-,26-22-,37-33-,40-39-,41-34-,42-35-,43-36-. The number of hydrogen-bond acceptors (Lipinski definition) is 15. The number of hydrogen-bond donors (Lipinski definition) is 3. The summed E-state index contributed by atoms with van der Waals surface area (Å²) in [5.41, 5.74) is 0. The molecule has 0 saturated carbocycles. The maximum absolute atomic E-state index is 13.1. The van der Waals surface area contributed by atoms with Crippen LogP contribution in [0, 0.1) is 0 Å². The fraction of sp³-hybridized carbons (Fsp3) is 0.741. The van der Waals surface area contributed by atoms with E-state index in [1.807, 2.05) is 0 Å². The van der Waals surface area contributed by atoms with Crippen LogP contribution in [0.15, 0.2) is 109 Å². The largest absolute Gasteiger partial charge is 0.472 e. The van der Waals surface area contributed by atoms with E-state index in [9.17, 15) is 43.2 Å². The van der Waals surface area contributed by atoms with Gasteiger partial charge < -0.3 is 33.8 Å². The predicted octanol–water partition coefficient (Wildman–Crippen LogP) is 24.1. The lowest BCUT2D eigenvalue weighted by atomic mass is 10.1. The van der Waals surface area contributed by atoms with Crippen molar-refractivity contribution in [2.75, 3.05) is 39.6 Å². The van der Waals surface area contributed by atoms with Crippen LogP contribution in [-0.2, 0) is 65.4 Å². The second-order valence-electron chi connectivity index (χ2n) is 27.3. The second-order valence-corrected chi connectivity index (χ2v) is 30.2. The van der Waals surface area contributed by atoms with Gasteiger partial charge in [-0.2, -0.15) is 0 Å². The van der Waals surface area contributed by atoms with Crippen LogP contribution >= 0.6 is 15.6 Å². The molecule has 0 spiro atoms. The van der Waals surface area contributed by atoms with E-state index < -0.39 is 97.5 Å². The monoisotopic (exact) mass is 1500 g/mol. The highest BCUT2D eigenvalue weighted by Crippen LogP contribution is 2.45. The number of unbranched alkanes of at least 4 members (excludes halogenated alkanes) is 33. The molecule has 5 unspecified atom stereocenters. The van der Waals surface area contributed by atoms with Crippen LogP contribution in [0.5, 0.6) is 0 Å². The minimum absolute atomic E-state index is 0.0809. The van der Waals surface area contributed by atoms with Crippen molar-refractivity contribution >= 4 is 39.5 Å². The normalized spacial score (nSPS) is 14.4. The highest BCUT2D eigenvalue weighted by molar-refractivity contribution is 7.47. The van der Waals surface area contributed by atoms with Gasteiger partial charge in [-0.05, 0) is 148 Å². The quantitative estimate of drug-likeness (QED) is 0.0169. The van der Waals surface area contributed by atoms with E-state index in [4.69, 9.17) is 37.0 Å². The molecule has 600 valence electrons. The maximum Gasteiger partial charge on any atom is 0.472 e. The molecule has 0 heterocycles. The number of rotatable bonds is 77. The van der Waals surface area contributed by atoms with Crippen molar-refractivity contribution in [3.05, 3.63) is 109 Å². The van der Waals surface area contributed by atoms with Crippen LogP contribution in [0.25, 0.3) is 0 Å².